The summed E-state index contributed by atoms with van der Waals surface area (Å²) < 4.78 is 15.9. The lowest BCUT2D eigenvalue weighted by atomic mass is 10.1. The first kappa shape index (κ1) is 39.0. The number of carbonyl (C=O) groups excluding carboxylic acids is 3. The average Bonchev–Trinajstić information content (AvgIpc) is 3.08. The highest BCUT2D eigenvalue weighted by Crippen LogP contribution is 2.32. The first-order chi connectivity index (χ1) is 23.4. The predicted molar refractivity (Wildman–Crippen MR) is 194 cm³/mol. The summed E-state index contributed by atoms with van der Waals surface area (Å²) in [4.78, 5) is 37.3. The highest BCUT2D eigenvalue weighted by Gasteiger charge is 2.13. The van der Waals surface area contributed by atoms with Crippen molar-refractivity contribution in [2.45, 2.75) is 64.7 Å². The van der Waals surface area contributed by atoms with E-state index < -0.39 is 17.5 Å². The molecule has 0 aromatic heterocycles. The molecule has 0 aliphatic rings. The van der Waals surface area contributed by atoms with Crippen molar-refractivity contribution in [2.24, 2.45) is 0 Å². The first-order valence-electron chi connectivity index (χ1n) is 16.4. The van der Waals surface area contributed by atoms with Gasteiger partial charge in [0.25, 0.3) is 0 Å². The molecule has 48 heavy (non-hydrogen) atoms. The molecule has 2 aromatic rings. The fourth-order valence-electron chi connectivity index (χ4n) is 4.44. The fraction of sp³-hybridized carbons (Fsp3) is 0.293. The van der Waals surface area contributed by atoms with Crippen LogP contribution in [0.25, 0.3) is 12.2 Å². The van der Waals surface area contributed by atoms with Gasteiger partial charge in [-0.2, -0.15) is 0 Å². The van der Waals surface area contributed by atoms with Crippen LogP contribution in [0, 0.1) is 0 Å². The van der Waals surface area contributed by atoms with Gasteiger partial charge in [-0.1, -0.05) is 124 Å². The molecule has 0 unspecified atom stereocenters. The van der Waals surface area contributed by atoms with Crippen molar-refractivity contribution in [1.82, 2.24) is 0 Å². The van der Waals surface area contributed by atoms with Crippen LogP contribution in [0.3, 0.4) is 0 Å². The van der Waals surface area contributed by atoms with E-state index in [9.17, 15) is 19.5 Å². The monoisotopic (exact) mass is 652 g/mol. The van der Waals surface area contributed by atoms with E-state index in [1.54, 1.807) is 48.6 Å². The molecule has 0 saturated heterocycles. The van der Waals surface area contributed by atoms with Crippen LogP contribution in [-0.4, -0.2) is 36.9 Å². The van der Waals surface area contributed by atoms with E-state index >= 15 is 0 Å². The fourth-order valence-corrected chi connectivity index (χ4v) is 4.44. The third-order valence-corrected chi connectivity index (χ3v) is 7.02. The van der Waals surface area contributed by atoms with Gasteiger partial charge in [0, 0.05) is 11.6 Å². The van der Waals surface area contributed by atoms with Gasteiger partial charge in [-0.3, -0.25) is 9.59 Å². The highest BCUT2D eigenvalue weighted by atomic mass is 16.6. The molecule has 0 spiro atoms. The minimum absolute atomic E-state index is 0.0133. The van der Waals surface area contributed by atoms with E-state index in [1.807, 2.05) is 24.3 Å². The Morgan fingerprint density at radius 3 is 2.00 bits per heavy atom. The van der Waals surface area contributed by atoms with E-state index in [0.717, 1.165) is 6.42 Å². The van der Waals surface area contributed by atoms with Gasteiger partial charge in [0.2, 0.25) is 0 Å². The maximum absolute atomic E-state index is 12.5. The zero-order chi connectivity index (χ0) is 34.8. The van der Waals surface area contributed by atoms with Gasteiger partial charge in [0.15, 0.2) is 34.6 Å². The third kappa shape index (κ3) is 16.4. The topological polar surface area (TPSA) is 99.1 Å². The lowest BCUT2D eigenvalue weighted by molar-refractivity contribution is -0.129. The number of phenols is 1. The van der Waals surface area contributed by atoms with Gasteiger partial charge in [0.05, 0.1) is 20.6 Å². The second-order valence-corrected chi connectivity index (χ2v) is 10.9. The van der Waals surface area contributed by atoms with Crippen molar-refractivity contribution in [2.75, 3.05) is 14.2 Å². The quantitative estimate of drug-likeness (QED) is 0.0338. The maximum Gasteiger partial charge on any atom is 0.336 e. The molecule has 0 aliphatic carbocycles. The average molecular weight is 653 g/mol. The zero-order valence-electron chi connectivity index (χ0n) is 28.3. The Balaban J connectivity index is 1.84. The Bertz CT molecular complexity index is 1520. The van der Waals surface area contributed by atoms with Crippen LogP contribution in [0.2, 0.25) is 0 Å². The number of hydrogen-bond acceptors (Lipinski definition) is 7. The number of ether oxygens (including phenoxy) is 3. The number of esters is 1. The van der Waals surface area contributed by atoms with E-state index in [-0.39, 0.29) is 23.7 Å². The van der Waals surface area contributed by atoms with E-state index in [1.165, 1.54) is 95.6 Å². The van der Waals surface area contributed by atoms with E-state index in [2.05, 4.69) is 19.1 Å². The van der Waals surface area contributed by atoms with Crippen molar-refractivity contribution in [3.63, 3.8) is 0 Å². The number of ketones is 2. The Labute approximate surface area is 285 Å². The number of phenolic OH excluding ortho intramolecular Hbond substituents is 1. The van der Waals surface area contributed by atoms with Crippen LogP contribution in [-0.2, 0) is 14.4 Å². The van der Waals surface area contributed by atoms with E-state index in [0.29, 0.717) is 16.9 Å². The Morgan fingerprint density at radius 1 is 0.688 bits per heavy atom. The minimum Gasteiger partial charge on any atom is -0.504 e. The van der Waals surface area contributed by atoms with Crippen molar-refractivity contribution in [3.05, 3.63) is 120 Å². The summed E-state index contributed by atoms with van der Waals surface area (Å²) >= 11 is 0. The molecule has 0 heterocycles. The molecular formula is C41H48O7. The molecule has 254 valence electrons. The number of methoxy groups -OCH3 is 2. The number of para-hydroxylation sites is 1. The molecule has 2 rings (SSSR count). The molecular weight excluding hydrogens is 604 g/mol. The van der Waals surface area contributed by atoms with E-state index in [4.69, 9.17) is 14.2 Å². The van der Waals surface area contributed by atoms with Gasteiger partial charge in [0.1, 0.15) is 0 Å². The number of rotatable bonds is 22. The first-order valence-corrected chi connectivity index (χ1v) is 16.4. The SMILES string of the molecule is CCCCCCCCC/C=C/C=C/C=C/C=C/C=C/C(=O)Oc1c(/C=C\C(=O)CC(=O)/C=C/c2ccc(O)c(OC)c2)cccc1OC. The Morgan fingerprint density at radius 2 is 1.31 bits per heavy atom. The lowest BCUT2D eigenvalue weighted by Gasteiger charge is -2.10. The summed E-state index contributed by atoms with van der Waals surface area (Å²) in [6.07, 6.45) is 33.9. The molecule has 0 radical (unpaired) electrons. The lowest BCUT2D eigenvalue weighted by Crippen LogP contribution is -2.06. The second kappa shape index (κ2) is 24.1. The number of carbonyl (C=O) groups is 3. The third-order valence-electron chi connectivity index (χ3n) is 7.02. The van der Waals surface area contributed by atoms with Crippen molar-refractivity contribution in [1.29, 1.82) is 0 Å². The van der Waals surface area contributed by atoms with Crippen LogP contribution in [0.15, 0.2) is 109 Å². The maximum atomic E-state index is 12.5. The predicted octanol–water partition coefficient (Wildman–Crippen LogP) is 9.49. The summed E-state index contributed by atoms with van der Waals surface area (Å²) in [7, 11) is 2.88. The van der Waals surface area contributed by atoms with Crippen molar-refractivity contribution in [3.8, 4) is 23.0 Å². The summed E-state index contributed by atoms with van der Waals surface area (Å²) in [5, 5.41) is 9.70. The van der Waals surface area contributed by atoms with Crippen molar-refractivity contribution < 1.29 is 33.7 Å². The number of allylic oxidation sites excluding steroid dienone is 11. The molecule has 0 amide bonds. The normalized spacial score (nSPS) is 12.1. The summed E-state index contributed by atoms with van der Waals surface area (Å²) in [5.74, 6) is -0.716. The number of unbranched alkanes of at least 4 members (excludes halogenated alkanes) is 7. The van der Waals surface area contributed by atoms with Gasteiger partial charge < -0.3 is 19.3 Å². The number of benzene rings is 2. The molecule has 1 N–H and O–H groups in total. The van der Waals surface area contributed by atoms with Crippen molar-refractivity contribution >= 4 is 29.7 Å². The van der Waals surface area contributed by atoms with Crippen LogP contribution < -0.4 is 14.2 Å². The van der Waals surface area contributed by atoms with Gasteiger partial charge in [-0.15, -0.1) is 0 Å². The second-order valence-electron chi connectivity index (χ2n) is 10.9. The molecule has 7 heteroatoms. The smallest absolute Gasteiger partial charge is 0.336 e. The Hall–Kier alpha value is -5.17. The van der Waals surface area contributed by atoms with Gasteiger partial charge in [-0.05, 0) is 54.8 Å². The summed E-state index contributed by atoms with van der Waals surface area (Å²) in [5.41, 5.74) is 1.07. The van der Waals surface area contributed by atoms with Crippen LogP contribution in [0.4, 0.5) is 0 Å². The van der Waals surface area contributed by atoms with Gasteiger partial charge >= 0.3 is 5.97 Å². The molecule has 7 nitrogen and oxygen atoms in total. The van der Waals surface area contributed by atoms with Crippen LogP contribution >= 0.6 is 0 Å². The molecule has 0 fully saturated rings. The standard InChI is InChI=1S/C41H48O7/c1-4-5-6-7-8-9-10-11-12-13-14-15-16-17-18-19-20-24-40(45)48-41-34(22-21-23-38(41)46-2)27-29-36(43)32-35(42)28-25-33-26-30-37(44)39(31-33)47-3/h12-31,44H,4-11,32H2,1-3H3/b13-12+,15-14+,17-16+,19-18+,24-20+,28-25+,29-27-. The minimum atomic E-state index is -0.619. The molecule has 2 aromatic carbocycles. The Kier molecular flexibility index (Phi) is 19.6. The summed E-state index contributed by atoms with van der Waals surface area (Å²) in [6, 6.07) is 9.66. The van der Waals surface area contributed by atoms with Crippen LogP contribution in [0.5, 0.6) is 23.0 Å². The largest absolute Gasteiger partial charge is 0.504 e. The highest BCUT2D eigenvalue weighted by molar-refractivity contribution is 6.11. The number of aromatic hydroxyl groups is 1. The molecule has 0 atom stereocenters. The molecule has 0 saturated carbocycles. The summed E-state index contributed by atoms with van der Waals surface area (Å²) in [6.45, 7) is 2.24. The zero-order valence-corrected chi connectivity index (χ0v) is 28.3. The van der Waals surface area contributed by atoms with Gasteiger partial charge in [-0.25, -0.2) is 4.79 Å². The number of hydrogen-bond donors (Lipinski definition) is 1. The molecule has 0 aliphatic heterocycles. The van der Waals surface area contributed by atoms with Crippen LogP contribution in [0.1, 0.15) is 75.8 Å². The molecule has 0 bridgehead atoms.